The minimum Gasteiger partial charge on any atom is -0.335 e. The first-order valence-electron chi connectivity index (χ1n) is 10.7. The zero-order chi connectivity index (χ0) is 21.2. The summed E-state index contributed by atoms with van der Waals surface area (Å²) in [6.07, 6.45) is 2.12. The van der Waals surface area contributed by atoms with E-state index in [0.29, 0.717) is 40.3 Å². The molecule has 2 aromatic carbocycles. The molecule has 5 rings (SSSR count). The van der Waals surface area contributed by atoms with E-state index in [1.807, 2.05) is 4.90 Å². The first-order valence-corrected chi connectivity index (χ1v) is 10.7. The van der Waals surface area contributed by atoms with Crippen molar-refractivity contribution in [3.05, 3.63) is 65.2 Å². The van der Waals surface area contributed by atoms with Gasteiger partial charge in [-0.05, 0) is 66.5 Å². The van der Waals surface area contributed by atoms with Crippen LogP contribution in [0.25, 0.3) is 0 Å². The average molecular weight is 402 g/mol. The number of fused-ring (bicyclic) bond motifs is 3. The largest absolute Gasteiger partial charge is 0.335 e. The molecule has 5 nitrogen and oxygen atoms in total. The van der Waals surface area contributed by atoms with Gasteiger partial charge in [0.2, 0.25) is 0 Å². The number of rotatable bonds is 2. The van der Waals surface area contributed by atoms with E-state index in [9.17, 15) is 14.4 Å². The van der Waals surface area contributed by atoms with Crippen LogP contribution in [-0.2, 0) is 0 Å². The molecule has 2 bridgehead atoms. The van der Waals surface area contributed by atoms with E-state index >= 15 is 0 Å². The van der Waals surface area contributed by atoms with E-state index in [2.05, 4.69) is 20.8 Å². The highest BCUT2D eigenvalue weighted by Crippen LogP contribution is 2.49. The Labute approximate surface area is 176 Å². The van der Waals surface area contributed by atoms with Crippen molar-refractivity contribution in [3.8, 4) is 0 Å². The van der Waals surface area contributed by atoms with E-state index in [0.717, 1.165) is 19.4 Å². The molecule has 0 spiro atoms. The van der Waals surface area contributed by atoms with Crippen LogP contribution in [0.5, 0.6) is 0 Å². The number of nitrogens with zero attached hydrogens (tertiary/aromatic N) is 2. The fraction of sp³-hybridized carbons (Fsp3) is 0.400. The van der Waals surface area contributed by atoms with Crippen molar-refractivity contribution in [2.75, 3.05) is 11.4 Å². The molecule has 0 unspecified atom stereocenters. The topological polar surface area (TPSA) is 57.7 Å². The predicted molar refractivity (Wildman–Crippen MR) is 115 cm³/mol. The van der Waals surface area contributed by atoms with E-state index in [1.165, 1.54) is 4.90 Å². The summed E-state index contributed by atoms with van der Waals surface area (Å²) >= 11 is 0. The Morgan fingerprint density at radius 3 is 2.17 bits per heavy atom. The summed E-state index contributed by atoms with van der Waals surface area (Å²) in [6.45, 7) is 7.74. The molecule has 30 heavy (non-hydrogen) atoms. The lowest BCUT2D eigenvalue weighted by Crippen LogP contribution is -2.39. The maximum Gasteiger partial charge on any atom is 0.266 e. The van der Waals surface area contributed by atoms with Crippen molar-refractivity contribution < 1.29 is 14.4 Å². The molecule has 3 aliphatic rings. The van der Waals surface area contributed by atoms with Crippen LogP contribution in [0.3, 0.4) is 0 Å². The Kier molecular flexibility index (Phi) is 4.14. The molecule has 2 fully saturated rings. The minimum atomic E-state index is -0.320. The molecule has 2 aromatic rings. The number of anilines is 1. The van der Waals surface area contributed by atoms with Crippen molar-refractivity contribution in [2.24, 2.45) is 17.3 Å². The van der Waals surface area contributed by atoms with Crippen molar-refractivity contribution in [2.45, 2.75) is 39.7 Å². The monoisotopic (exact) mass is 402 g/mol. The molecule has 1 saturated heterocycles. The number of carbonyl (C=O) groups excluding carboxylic acids is 3. The van der Waals surface area contributed by atoms with Gasteiger partial charge < -0.3 is 4.90 Å². The number of likely N-dealkylation sites (tertiary alicyclic amines) is 1. The fourth-order valence-electron chi connectivity index (χ4n) is 5.53. The number of hydrogen-bond acceptors (Lipinski definition) is 3. The van der Waals surface area contributed by atoms with Crippen LogP contribution in [0.1, 0.15) is 64.7 Å². The lowest BCUT2D eigenvalue weighted by atomic mass is 9.65. The van der Waals surface area contributed by atoms with Gasteiger partial charge in [0.15, 0.2) is 0 Å². The standard InChI is InChI=1S/C25H26N2O3/c1-15-17-12-19(13-25(15,2)3)26(14-17)22(28)16-8-10-18(11-9-16)27-23(29)20-6-4-5-7-21(20)24(27)30/h4-11,15,17,19H,12-14H2,1-3H3/t15-,17-,19-/m0/s1. The molecular formula is C25H26N2O3. The lowest BCUT2D eigenvalue weighted by molar-refractivity contribution is 0.0677. The Hall–Kier alpha value is -2.95. The van der Waals surface area contributed by atoms with Gasteiger partial charge in [0.25, 0.3) is 17.7 Å². The van der Waals surface area contributed by atoms with Crippen LogP contribution in [0.4, 0.5) is 5.69 Å². The van der Waals surface area contributed by atoms with Gasteiger partial charge in [-0.2, -0.15) is 0 Å². The summed E-state index contributed by atoms with van der Waals surface area (Å²) in [4.78, 5) is 41.8. The van der Waals surface area contributed by atoms with Gasteiger partial charge in [0.1, 0.15) is 0 Å². The van der Waals surface area contributed by atoms with E-state index in [1.54, 1.807) is 48.5 Å². The van der Waals surface area contributed by atoms with Gasteiger partial charge in [-0.25, -0.2) is 4.90 Å². The molecule has 1 saturated carbocycles. The van der Waals surface area contributed by atoms with Crippen LogP contribution in [-0.4, -0.2) is 35.2 Å². The van der Waals surface area contributed by atoms with Crippen molar-refractivity contribution in [1.82, 2.24) is 4.90 Å². The summed E-state index contributed by atoms with van der Waals surface area (Å²) in [5.74, 6) is 0.558. The highest BCUT2D eigenvalue weighted by Gasteiger charge is 2.49. The third-order valence-corrected chi connectivity index (χ3v) is 7.58. The molecule has 154 valence electrons. The summed E-state index contributed by atoms with van der Waals surface area (Å²) in [5, 5.41) is 0. The molecule has 1 aliphatic carbocycles. The highest BCUT2D eigenvalue weighted by molar-refractivity contribution is 6.34. The first-order chi connectivity index (χ1) is 14.3. The zero-order valence-corrected chi connectivity index (χ0v) is 17.6. The van der Waals surface area contributed by atoms with Crippen molar-refractivity contribution in [3.63, 3.8) is 0 Å². The van der Waals surface area contributed by atoms with E-state index < -0.39 is 0 Å². The number of carbonyl (C=O) groups is 3. The van der Waals surface area contributed by atoms with E-state index in [4.69, 9.17) is 0 Å². The molecule has 3 atom stereocenters. The molecule has 0 radical (unpaired) electrons. The SMILES string of the molecule is C[C@H]1[C@H]2C[C@@H](CC1(C)C)N(C(=O)c1ccc(N3C(=O)c4ccccc4C3=O)cc1)C2. The fourth-order valence-corrected chi connectivity index (χ4v) is 5.53. The van der Waals surface area contributed by atoms with Gasteiger partial charge >= 0.3 is 0 Å². The third kappa shape index (κ3) is 2.72. The molecule has 3 amide bonds. The van der Waals surface area contributed by atoms with Crippen LogP contribution in [0, 0.1) is 17.3 Å². The number of benzene rings is 2. The van der Waals surface area contributed by atoms with Crippen molar-refractivity contribution in [1.29, 1.82) is 0 Å². The van der Waals surface area contributed by atoms with Crippen LogP contribution < -0.4 is 4.90 Å². The summed E-state index contributed by atoms with van der Waals surface area (Å²) in [5.41, 5.74) is 2.19. The minimum absolute atomic E-state index is 0.0429. The van der Waals surface area contributed by atoms with Crippen molar-refractivity contribution >= 4 is 23.4 Å². The molecule has 0 N–H and O–H groups in total. The van der Waals surface area contributed by atoms with Gasteiger partial charge in [-0.1, -0.05) is 32.9 Å². The summed E-state index contributed by atoms with van der Waals surface area (Å²) < 4.78 is 0. The van der Waals surface area contributed by atoms with E-state index in [-0.39, 0.29) is 23.1 Å². The van der Waals surface area contributed by atoms with Gasteiger partial charge in [-0.3, -0.25) is 14.4 Å². The lowest BCUT2D eigenvalue weighted by Gasteiger charge is -2.40. The Morgan fingerprint density at radius 1 is 0.967 bits per heavy atom. The van der Waals surface area contributed by atoms with Crippen LogP contribution in [0.2, 0.25) is 0 Å². The quantitative estimate of drug-likeness (QED) is 0.701. The highest BCUT2D eigenvalue weighted by atomic mass is 16.2. The van der Waals surface area contributed by atoms with Gasteiger partial charge in [-0.15, -0.1) is 0 Å². The van der Waals surface area contributed by atoms with Gasteiger partial charge in [0.05, 0.1) is 16.8 Å². The normalized spacial score (nSPS) is 26.8. The Balaban J connectivity index is 1.37. The number of amides is 3. The second-order valence-corrected chi connectivity index (χ2v) is 9.63. The zero-order valence-electron chi connectivity index (χ0n) is 17.6. The predicted octanol–water partition coefficient (Wildman–Crippen LogP) is 4.38. The maximum absolute atomic E-state index is 13.2. The third-order valence-electron chi connectivity index (χ3n) is 7.58. The average Bonchev–Trinajstić information content (AvgIpc) is 3.23. The first kappa shape index (κ1) is 19.0. The second kappa shape index (κ2) is 6.53. The Morgan fingerprint density at radius 2 is 1.57 bits per heavy atom. The van der Waals surface area contributed by atoms with Crippen LogP contribution in [0.15, 0.2) is 48.5 Å². The molecule has 0 aromatic heterocycles. The molecule has 2 heterocycles. The summed E-state index contributed by atoms with van der Waals surface area (Å²) in [6, 6.07) is 14.0. The maximum atomic E-state index is 13.2. The molecular weight excluding hydrogens is 376 g/mol. The summed E-state index contributed by atoms with van der Waals surface area (Å²) in [7, 11) is 0. The molecule has 5 heteroatoms. The molecule has 2 aliphatic heterocycles. The van der Waals surface area contributed by atoms with Gasteiger partial charge in [0, 0.05) is 18.2 Å². The second-order valence-electron chi connectivity index (χ2n) is 9.63. The Bertz CT molecular complexity index is 1020. The number of imide groups is 1. The number of hydrogen-bond donors (Lipinski definition) is 0. The van der Waals surface area contributed by atoms with Crippen LogP contribution >= 0.6 is 0 Å². The smallest absolute Gasteiger partial charge is 0.266 e.